The van der Waals surface area contributed by atoms with Gasteiger partial charge in [-0.25, -0.2) is 14.5 Å². The molecule has 6 aromatic rings. The first-order valence-corrected chi connectivity index (χ1v) is 13.1. The van der Waals surface area contributed by atoms with E-state index < -0.39 is 11.9 Å². The van der Waals surface area contributed by atoms with E-state index >= 15 is 0 Å². The topological polar surface area (TPSA) is 125 Å². The molecule has 3 N–H and O–H groups in total. The quantitative estimate of drug-likeness (QED) is 0.322. The molecular weight excluding hydrogens is 516 g/mol. The molecule has 1 amide bonds. The van der Waals surface area contributed by atoms with Crippen LogP contribution in [0.25, 0.3) is 34.3 Å². The number of fused-ring (bicyclic) bond motifs is 2. The largest absolute Gasteiger partial charge is 0.381 e. The highest BCUT2D eigenvalue weighted by Gasteiger charge is 2.23. The molecule has 0 aliphatic heterocycles. The molecule has 0 saturated carbocycles. The molecule has 0 fully saturated rings. The van der Waals surface area contributed by atoms with Crippen LogP contribution < -0.4 is 16.6 Å². The van der Waals surface area contributed by atoms with E-state index in [0.717, 1.165) is 22.5 Å². The summed E-state index contributed by atoms with van der Waals surface area (Å²) in [6.45, 7) is 3.78. The number of nitrogen functional groups attached to an aromatic ring is 1. The number of hydrogen-bond donors (Lipinski definition) is 2. The first-order chi connectivity index (χ1) is 19.8. The number of amides is 1. The van der Waals surface area contributed by atoms with Crippen molar-refractivity contribution in [3.8, 4) is 5.69 Å². The molecule has 0 aliphatic carbocycles. The molecule has 41 heavy (non-hydrogen) atoms. The zero-order valence-electron chi connectivity index (χ0n) is 22.8. The highest BCUT2D eigenvalue weighted by atomic mass is 16.2. The average Bonchev–Trinajstić information content (AvgIpc) is 3.49. The van der Waals surface area contributed by atoms with Crippen LogP contribution in [0.5, 0.6) is 0 Å². The first-order valence-electron chi connectivity index (χ1n) is 13.1. The number of aryl methyl sites for hydroxylation is 1. The SMILES string of the molecule is Cc1ncc(C=Cc2cccc3cc(C(C)NC(=O)c4c(N)nn5cccnc45)n(-c4ccccc4)c(=O)c23)n1C. The maximum atomic E-state index is 14.3. The number of carbonyl (C=O) groups excluding carboxylic acids is 1. The predicted molar refractivity (Wildman–Crippen MR) is 160 cm³/mol. The Morgan fingerprint density at radius 2 is 1.85 bits per heavy atom. The number of nitrogens with two attached hydrogens (primary N) is 1. The molecular formula is C31H28N8O2. The molecule has 0 bridgehead atoms. The van der Waals surface area contributed by atoms with E-state index in [4.69, 9.17) is 5.73 Å². The summed E-state index contributed by atoms with van der Waals surface area (Å²) in [5, 5.41) is 8.54. The summed E-state index contributed by atoms with van der Waals surface area (Å²) in [6.07, 6.45) is 8.94. The average molecular weight is 545 g/mol. The highest BCUT2D eigenvalue weighted by molar-refractivity contribution is 6.04. The Balaban J connectivity index is 1.47. The summed E-state index contributed by atoms with van der Waals surface area (Å²) in [5.74, 6) is 0.544. The lowest BCUT2D eigenvalue weighted by Gasteiger charge is -2.21. The molecule has 0 aliphatic rings. The van der Waals surface area contributed by atoms with E-state index in [9.17, 15) is 9.59 Å². The summed E-state index contributed by atoms with van der Waals surface area (Å²) in [6, 6.07) is 18.2. The fraction of sp³-hybridized carbons (Fsp3) is 0.129. The van der Waals surface area contributed by atoms with Gasteiger partial charge in [0, 0.05) is 30.8 Å². The standard InChI is InChI=1S/C31H28N8O2/c1-19(35-30(40)27-28(32)36-38-16-8-15-33-29(27)38)25-17-22-10-7-9-21(13-14-24-18-34-20(2)37(24)3)26(22)31(41)39(25)23-11-5-4-6-12-23/h4-19H,1-3H3,(H2,32,36)(H,35,40). The van der Waals surface area contributed by atoms with E-state index in [1.54, 1.807) is 29.2 Å². The van der Waals surface area contributed by atoms with Gasteiger partial charge in [-0.15, -0.1) is 5.10 Å². The summed E-state index contributed by atoms with van der Waals surface area (Å²) in [4.78, 5) is 36.3. The maximum absolute atomic E-state index is 14.3. The van der Waals surface area contributed by atoms with Crippen LogP contribution in [0.1, 0.15) is 46.1 Å². The number of nitrogens with one attached hydrogen (secondary N) is 1. The molecule has 1 unspecified atom stereocenters. The van der Waals surface area contributed by atoms with Gasteiger partial charge in [-0.05, 0) is 55.1 Å². The zero-order valence-corrected chi connectivity index (χ0v) is 22.8. The van der Waals surface area contributed by atoms with Crippen LogP contribution in [0.15, 0.2) is 84.0 Å². The van der Waals surface area contributed by atoms with Crippen molar-refractivity contribution < 1.29 is 4.79 Å². The number of aromatic nitrogens is 6. The molecule has 2 aromatic carbocycles. The van der Waals surface area contributed by atoms with Crippen LogP contribution in [0, 0.1) is 6.92 Å². The Morgan fingerprint density at radius 1 is 1.05 bits per heavy atom. The third-order valence-electron chi connectivity index (χ3n) is 7.25. The lowest BCUT2D eigenvalue weighted by atomic mass is 10.0. The number of para-hydroxylation sites is 1. The van der Waals surface area contributed by atoms with Gasteiger partial charge in [0.05, 0.1) is 23.3 Å². The van der Waals surface area contributed by atoms with Gasteiger partial charge < -0.3 is 15.6 Å². The highest BCUT2D eigenvalue weighted by Crippen LogP contribution is 2.25. The van der Waals surface area contributed by atoms with E-state index in [2.05, 4.69) is 20.4 Å². The molecule has 10 heteroatoms. The number of hydrogen-bond acceptors (Lipinski definition) is 6. The van der Waals surface area contributed by atoms with E-state index in [0.29, 0.717) is 22.4 Å². The minimum atomic E-state index is -0.561. The molecule has 0 saturated heterocycles. The minimum Gasteiger partial charge on any atom is -0.381 e. The first kappa shape index (κ1) is 25.8. The number of pyridine rings is 1. The smallest absolute Gasteiger partial charge is 0.263 e. The van der Waals surface area contributed by atoms with Crippen molar-refractivity contribution in [3.05, 3.63) is 118 Å². The van der Waals surface area contributed by atoms with Gasteiger partial charge >= 0.3 is 0 Å². The van der Waals surface area contributed by atoms with Gasteiger partial charge in [0.15, 0.2) is 11.5 Å². The van der Waals surface area contributed by atoms with Crippen molar-refractivity contribution in [1.29, 1.82) is 0 Å². The number of rotatable bonds is 6. The summed E-state index contributed by atoms with van der Waals surface area (Å²) < 4.78 is 5.10. The van der Waals surface area contributed by atoms with Crippen molar-refractivity contribution in [3.63, 3.8) is 0 Å². The second-order valence-electron chi connectivity index (χ2n) is 9.82. The third-order valence-corrected chi connectivity index (χ3v) is 7.25. The molecule has 4 heterocycles. The molecule has 4 aromatic heterocycles. The lowest BCUT2D eigenvalue weighted by Crippen LogP contribution is -2.32. The van der Waals surface area contributed by atoms with Crippen molar-refractivity contribution >= 4 is 40.3 Å². The zero-order chi connectivity index (χ0) is 28.7. The Labute approximate surface area is 235 Å². The Hall–Kier alpha value is -5.51. The van der Waals surface area contributed by atoms with Crippen LogP contribution in [0.4, 0.5) is 5.82 Å². The van der Waals surface area contributed by atoms with E-state index in [-0.39, 0.29) is 16.9 Å². The number of nitrogens with zero attached hydrogens (tertiary/aromatic N) is 6. The molecule has 204 valence electrons. The number of imidazole rings is 1. The van der Waals surface area contributed by atoms with Gasteiger partial charge in [0.25, 0.3) is 11.5 Å². The van der Waals surface area contributed by atoms with E-state index in [1.165, 1.54) is 4.52 Å². The van der Waals surface area contributed by atoms with Crippen molar-refractivity contribution in [2.75, 3.05) is 5.73 Å². The fourth-order valence-electron chi connectivity index (χ4n) is 5.02. The van der Waals surface area contributed by atoms with Crippen LogP contribution in [0.3, 0.4) is 0 Å². The van der Waals surface area contributed by atoms with Crippen LogP contribution >= 0.6 is 0 Å². The van der Waals surface area contributed by atoms with Crippen molar-refractivity contribution in [2.24, 2.45) is 7.05 Å². The normalized spacial score (nSPS) is 12.4. The third kappa shape index (κ3) is 4.55. The predicted octanol–water partition coefficient (Wildman–Crippen LogP) is 4.32. The van der Waals surface area contributed by atoms with Gasteiger partial charge in [0.2, 0.25) is 0 Å². The van der Waals surface area contributed by atoms with E-state index in [1.807, 2.05) is 92.2 Å². The fourth-order valence-corrected chi connectivity index (χ4v) is 5.02. The van der Waals surface area contributed by atoms with Gasteiger partial charge in [-0.1, -0.05) is 42.5 Å². The van der Waals surface area contributed by atoms with Gasteiger partial charge in [0.1, 0.15) is 11.4 Å². The number of anilines is 1. The lowest BCUT2D eigenvalue weighted by molar-refractivity contribution is 0.0941. The molecule has 0 radical (unpaired) electrons. The molecule has 0 spiro atoms. The second kappa shape index (κ2) is 10.2. The summed E-state index contributed by atoms with van der Waals surface area (Å²) >= 11 is 0. The number of carbonyl (C=O) groups is 1. The Kier molecular flexibility index (Phi) is 6.43. The Morgan fingerprint density at radius 3 is 2.61 bits per heavy atom. The minimum absolute atomic E-state index is 0.0763. The van der Waals surface area contributed by atoms with Crippen LogP contribution in [-0.2, 0) is 7.05 Å². The molecule has 1 atom stereocenters. The van der Waals surface area contributed by atoms with Gasteiger partial charge in [-0.3, -0.25) is 14.2 Å². The van der Waals surface area contributed by atoms with Crippen molar-refractivity contribution in [1.82, 2.24) is 34.0 Å². The Bertz CT molecular complexity index is 2020. The number of benzene rings is 2. The maximum Gasteiger partial charge on any atom is 0.263 e. The monoisotopic (exact) mass is 544 g/mol. The van der Waals surface area contributed by atoms with Crippen LogP contribution in [-0.4, -0.2) is 34.6 Å². The van der Waals surface area contributed by atoms with Gasteiger partial charge in [-0.2, -0.15) is 0 Å². The summed E-state index contributed by atoms with van der Waals surface area (Å²) in [5.41, 5.74) is 9.45. The summed E-state index contributed by atoms with van der Waals surface area (Å²) in [7, 11) is 1.95. The molecule has 10 nitrogen and oxygen atoms in total. The molecule has 6 rings (SSSR count). The second-order valence-corrected chi connectivity index (χ2v) is 9.82. The van der Waals surface area contributed by atoms with Crippen molar-refractivity contribution in [2.45, 2.75) is 19.9 Å². The van der Waals surface area contributed by atoms with Crippen LogP contribution in [0.2, 0.25) is 0 Å².